The van der Waals surface area contributed by atoms with Crippen molar-refractivity contribution in [3.8, 4) is 0 Å². The minimum atomic E-state index is -0.212. The minimum absolute atomic E-state index is 0.212. The fraction of sp³-hybridized carbons (Fsp3) is 0.200. The molecule has 2 aromatic rings. The van der Waals surface area contributed by atoms with Crippen LogP contribution >= 0.6 is 15.9 Å². The maximum atomic E-state index is 12.8. The van der Waals surface area contributed by atoms with Gasteiger partial charge in [-0.3, -0.25) is 0 Å². The zero-order valence-electron chi connectivity index (χ0n) is 10.2. The standard InChI is InChI=1S/C15H15BrFN/c1-2-15(11-4-3-5-12(16)10-11)18-14-8-6-13(17)7-9-14/h3-10,15,18H,2H2,1H3. The second-order valence-electron chi connectivity index (χ2n) is 4.17. The third kappa shape index (κ3) is 3.33. The first kappa shape index (κ1) is 13.1. The van der Waals surface area contributed by atoms with Gasteiger partial charge in [0, 0.05) is 10.2 Å². The Balaban J connectivity index is 2.17. The molecule has 0 aliphatic heterocycles. The summed E-state index contributed by atoms with van der Waals surface area (Å²) in [5.41, 5.74) is 2.15. The Morgan fingerprint density at radius 1 is 1.17 bits per heavy atom. The summed E-state index contributed by atoms with van der Waals surface area (Å²) in [6.45, 7) is 2.13. The molecule has 1 atom stereocenters. The van der Waals surface area contributed by atoms with Crippen molar-refractivity contribution in [1.82, 2.24) is 0 Å². The molecule has 0 aromatic heterocycles. The van der Waals surface area contributed by atoms with Crippen LogP contribution < -0.4 is 5.32 Å². The fourth-order valence-electron chi connectivity index (χ4n) is 1.89. The minimum Gasteiger partial charge on any atom is -0.378 e. The van der Waals surface area contributed by atoms with Gasteiger partial charge >= 0.3 is 0 Å². The van der Waals surface area contributed by atoms with Gasteiger partial charge in [-0.25, -0.2) is 4.39 Å². The third-order valence-corrected chi connectivity index (χ3v) is 3.34. The van der Waals surface area contributed by atoms with Crippen molar-refractivity contribution in [2.45, 2.75) is 19.4 Å². The molecule has 94 valence electrons. The molecule has 1 N–H and O–H groups in total. The van der Waals surface area contributed by atoms with E-state index in [1.807, 2.05) is 12.1 Å². The first-order valence-electron chi connectivity index (χ1n) is 5.96. The summed E-state index contributed by atoms with van der Waals surface area (Å²) in [4.78, 5) is 0. The summed E-state index contributed by atoms with van der Waals surface area (Å²) in [6, 6.07) is 14.9. The van der Waals surface area contributed by atoms with Gasteiger partial charge in [0.15, 0.2) is 0 Å². The van der Waals surface area contributed by atoms with Crippen LogP contribution in [-0.4, -0.2) is 0 Å². The second kappa shape index (κ2) is 6.01. The van der Waals surface area contributed by atoms with E-state index in [4.69, 9.17) is 0 Å². The first-order valence-corrected chi connectivity index (χ1v) is 6.76. The highest BCUT2D eigenvalue weighted by molar-refractivity contribution is 9.10. The highest BCUT2D eigenvalue weighted by Gasteiger charge is 2.09. The van der Waals surface area contributed by atoms with Crippen molar-refractivity contribution in [3.63, 3.8) is 0 Å². The molecule has 0 fully saturated rings. The number of rotatable bonds is 4. The Morgan fingerprint density at radius 3 is 2.50 bits per heavy atom. The highest BCUT2D eigenvalue weighted by Crippen LogP contribution is 2.24. The molecule has 0 radical (unpaired) electrons. The van der Waals surface area contributed by atoms with Crippen LogP contribution in [0, 0.1) is 5.82 Å². The first-order chi connectivity index (χ1) is 8.69. The zero-order chi connectivity index (χ0) is 13.0. The van der Waals surface area contributed by atoms with E-state index in [0.29, 0.717) is 0 Å². The second-order valence-corrected chi connectivity index (χ2v) is 5.08. The van der Waals surface area contributed by atoms with E-state index in [0.717, 1.165) is 16.6 Å². The van der Waals surface area contributed by atoms with Crippen molar-refractivity contribution in [1.29, 1.82) is 0 Å². The van der Waals surface area contributed by atoms with Gasteiger partial charge in [-0.2, -0.15) is 0 Å². The number of hydrogen-bond acceptors (Lipinski definition) is 1. The Morgan fingerprint density at radius 2 is 1.89 bits per heavy atom. The molecule has 0 heterocycles. The molecule has 1 nitrogen and oxygen atoms in total. The predicted octanol–water partition coefficient (Wildman–Crippen LogP) is 5.15. The van der Waals surface area contributed by atoms with E-state index in [1.165, 1.54) is 17.7 Å². The van der Waals surface area contributed by atoms with Crippen LogP contribution in [0.15, 0.2) is 53.0 Å². The average molecular weight is 308 g/mol. The molecule has 0 bridgehead atoms. The molecule has 1 unspecified atom stereocenters. The van der Waals surface area contributed by atoms with Crippen LogP contribution in [0.2, 0.25) is 0 Å². The molecule has 18 heavy (non-hydrogen) atoms. The van der Waals surface area contributed by atoms with E-state index in [9.17, 15) is 4.39 Å². The maximum absolute atomic E-state index is 12.8. The lowest BCUT2D eigenvalue weighted by molar-refractivity contribution is 0.627. The van der Waals surface area contributed by atoms with Crippen LogP contribution in [0.5, 0.6) is 0 Å². The molecule has 0 spiro atoms. The molecule has 2 aromatic carbocycles. The predicted molar refractivity (Wildman–Crippen MR) is 77.2 cm³/mol. The van der Waals surface area contributed by atoms with Crippen molar-refractivity contribution in [2.75, 3.05) is 5.32 Å². The maximum Gasteiger partial charge on any atom is 0.123 e. The van der Waals surface area contributed by atoms with Crippen molar-refractivity contribution in [3.05, 3.63) is 64.4 Å². The molecular weight excluding hydrogens is 293 g/mol. The summed E-state index contributed by atoms with van der Waals surface area (Å²) in [5, 5.41) is 3.41. The smallest absolute Gasteiger partial charge is 0.123 e. The molecule has 3 heteroatoms. The van der Waals surface area contributed by atoms with Gasteiger partial charge in [0.2, 0.25) is 0 Å². The Labute approximate surface area is 115 Å². The van der Waals surface area contributed by atoms with Crippen LogP contribution in [0.3, 0.4) is 0 Å². The van der Waals surface area contributed by atoms with Crippen LogP contribution in [0.25, 0.3) is 0 Å². The molecule has 0 saturated heterocycles. The molecule has 2 rings (SSSR count). The number of anilines is 1. The van der Waals surface area contributed by atoms with Crippen LogP contribution in [0.1, 0.15) is 24.9 Å². The fourth-order valence-corrected chi connectivity index (χ4v) is 2.31. The summed E-state index contributed by atoms with van der Waals surface area (Å²) >= 11 is 3.48. The molecule has 0 aliphatic rings. The molecule has 0 saturated carbocycles. The summed E-state index contributed by atoms with van der Waals surface area (Å²) < 4.78 is 13.9. The summed E-state index contributed by atoms with van der Waals surface area (Å²) in [7, 11) is 0. The SMILES string of the molecule is CCC(Nc1ccc(F)cc1)c1cccc(Br)c1. The lowest BCUT2D eigenvalue weighted by Gasteiger charge is -2.19. The number of benzene rings is 2. The van der Waals surface area contributed by atoms with Gasteiger partial charge in [0.05, 0.1) is 6.04 Å². The highest BCUT2D eigenvalue weighted by atomic mass is 79.9. The van der Waals surface area contributed by atoms with Crippen LogP contribution in [-0.2, 0) is 0 Å². The number of halogens is 2. The van der Waals surface area contributed by atoms with E-state index < -0.39 is 0 Å². The topological polar surface area (TPSA) is 12.0 Å². The van der Waals surface area contributed by atoms with Gasteiger partial charge in [-0.1, -0.05) is 35.0 Å². The Kier molecular flexibility index (Phi) is 4.37. The number of hydrogen-bond donors (Lipinski definition) is 1. The van der Waals surface area contributed by atoms with Crippen molar-refractivity contribution < 1.29 is 4.39 Å². The van der Waals surface area contributed by atoms with Crippen molar-refractivity contribution in [2.24, 2.45) is 0 Å². The Bertz CT molecular complexity index is 510. The quantitative estimate of drug-likeness (QED) is 0.823. The molecular formula is C15H15BrFN. The zero-order valence-corrected chi connectivity index (χ0v) is 11.7. The van der Waals surface area contributed by atoms with E-state index >= 15 is 0 Å². The van der Waals surface area contributed by atoms with Crippen LogP contribution in [0.4, 0.5) is 10.1 Å². The monoisotopic (exact) mass is 307 g/mol. The largest absolute Gasteiger partial charge is 0.378 e. The van der Waals surface area contributed by atoms with Gasteiger partial charge in [-0.15, -0.1) is 0 Å². The third-order valence-electron chi connectivity index (χ3n) is 2.84. The van der Waals surface area contributed by atoms with E-state index in [-0.39, 0.29) is 11.9 Å². The lowest BCUT2D eigenvalue weighted by atomic mass is 10.0. The van der Waals surface area contributed by atoms with Gasteiger partial charge in [-0.05, 0) is 48.4 Å². The normalized spacial score (nSPS) is 12.2. The Hall–Kier alpha value is -1.35. The number of nitrogens with one attached hydrogen (secondary N) is 1. The van der Waals surface area contributed by atoms with Gasteiger partial charge in [0.1, 0.15) is 5.82 Å². The average Bonchev–Trinajstić information content (AvgIpc) is 2.38. The summed E-state index contributed by atoms with van der Waals surface area (Å²) in [6.07, 6.45) is 0.966. The molecule has 0 aliphatic carbocycles. The van der Waals surface area contributed by atoms with E-state index in [2.05, 4.69) is 40.3 Å². The molecule has 0 amide bonds. The lowest BCUT2D eigenvalue weighted by Crippen LogP contribution is -2.09. The summed E-state index contributed by atoms with van der Waals surface area (Å²) in [5.74, 6) is -0.212. The van der Waals surface area contributed by atoms with Gasteiger partial charge < -0.3 is 5.32 Å². The van der Waals surface area contributed by atoms with Gasteiger partial charge in [0.25, 0.3) is 0 Å². The van der Waals surface area contributed by atoms with E-state index in [1.54, 1.807) is 12.1 Å². The van der Waals surface area contributed by atoms with Crippen molar-refractivity contribution >= 4 is 21.6 Å².